The summed E-state index contributed by atoms with van der Waals surface area (Å²) in [5, 5.41) is 1.28. The third kappa shape index (κ3) is 2.28. The molecule has 1 aromatic heterocycles. The third-order valence-corrected chi connectivity index (χ3v) is 4.51. The maximum atomic E-state index is 5.30. The van der Waals surface area contributed by atoms with Gasteiger partial charge in [0, 0.05) is 11.1 Å². The Kier molecular flexibility index (Phi) is 3.58. The number of nitrogens with zero attached hydrogens (tertiary/aromatic N) is 1. The number of ether oxygens (including phenoxy) is 1. The summed E-state index contributed by atoms with van der Waals surface area (Å²) in [5.74, 6) is 0.874. The fourth-order valence-electron chi connectivity index (χ4n) is 3.34. The van der Waals surface area contributed by atoms with E-state index in [0.717, 1.165) is 5.75 Å². The minimum atomic E-state index is 0.874. The first-order valence-electron chi connectivity index (χ1n) is 8.09. The SMILES string of the molecule is COc1ccc(-c2c(C)c3ccccc3n2-c2ccccc2)cc1. The zero-order valence-electron chi connectivity index (χ0n) is 13.9. The molecule has 2 nitrogen and oxygen atoms in total. The maximum Gasteiger partial charge on any atom is 0.118 e. The van der Waals surface area contributed by atoms with Crippen LogP contribution in [0, 0.1) is 6.92 Å². The van der Waals surface area contributed by atoms with Gasteiger partial charge in [0.15, 0.2) is 0 Å². The smallest absolute Gasteiger partial charge is 0.118 e. The molecule has 0 unspecified atom stereocenters. The average Bonchev–Trinajstić information content (AvgIpc) is 2.95. The molecule has 0 atom stereocenters. The summed E-state index contributed by atoms with van der Waals surface area (Å²) in [4.78, 5) is 0. The van der Waals surface area contributed by atoms with Gasteiger partial charge in [-0.15, -0.1) is 0 Å². The van der Waals surface area contributed by atoms with Crippen molar-refractivity contribution in [1.82, 2.24) is 4.57 Å². The van der Waals surface area contributed by atoms with Gasteiger partial charge in [0.05, 0.1) is 18.3 Å². The topological polar surface area (TPSA) is 14.2 Å². The summed E-state index contributed by atoms with van der Waals surface area (Å²) >= 11 is 0. The number of hydrogen-bond acceptors (Lipinski definition) is 1. The van der Waals surface area contributed by atoms with Crippen molar-refractivity contribution in [2.45, 2.75) is 6.92 Å². The fourth-order valence-corrected chi connectivity index (χ4v) is 3.34. The van der Waals surface area contributed by atoms with Crippen LogP contribution < -0.4 is 4.74 Å². The molecular formula is C22H19NO. The number of para-hydroxylation sites is 2. The molecule has 0 fully saturated rings. The van der Waals surface area contributed by atoms with Crippen LogP contribution in [0.1, 0.15) is 5.56 Å². The van der Waals surface area contributed by atoms with Gasteiger partial charge in [-0.05, 0) is 60.5 Å². The largest absolute Gasteiger partial charge is 0.497 e. The average molecular weight is 313 g/mol. The van der Waals surface area contributed by atoms with Gasteiger partial charge in [-0.1, -0.05) is 36.4 Å². The Bertz CT molecular complexity index is 982. The van der Waals surface area contributed by atoms with Crippen molar-refractivity contribution in [3.63, 3.8) is 0 Å². The minimum Gasteiger partial charge on any atom is -0.497 e. The molecular weight excluding hydrogens is 294 g/mol. The van der Waals surface area contributed by atoms with E-state index in [9.17, 15) is 0 Å². The molecule has 0 radical (unpaired) electrons. The molecule has 0 spiro atoms. The van der Waals surface area contributed by atoms with E-state index in [1.54, 1.807) is 7.11 Å². The summed E-state index contributed by atoms with van der Waals surface area (Å²) in [6, 6.07) is 27.4. The number of fused-ring (bicyclic) bond motifs is 1. The number of benzene rings is 3. The molecule has 0 aliphatic rings. The van der Waals surface area contributed by atoms with E-state index in [-0.39, 0.29) is 0 Å². The van der Waals surface area contributed by atoms with E-state index in [4.69, 9.17) is 4.74 Å². The number of rotatable bonds is 3. The molecule has 4 aromatic rings. The quantitative estimate of drug-likeness (QED) is 0.479. The Morgan fingerprint density at radius 1 is 0.750 bits per heavy atom. The van der Waals surface area contributed by atoms with Crippen molar-refractivity contribution < 1.29 is 4.74 Å². The van der Waals surface area contributed by atoms with Crippen LogP contribution >= 0.6 is 0 Å². The minimum absolute atomic E-state index is 0.874. The van der Waals surface area contributed by atoms with Crippen molar-refractivity contribution >= 4 is 10.9 Å². The molecule has 3 aromatic carbocycles. The summed E-state index contributed by atoms with van der Waals surface area (Å²) in [5.41, 5.74) is 6.11. The number of hydrogen-bond donors (Lipinski definition) is 0. The molecule has 2 heteroatoms. The van der Waals surface area contributed by atoms with Gasteiger partial charge >= 0.3 is 0 Å². The maximum absolute atomic E-state index is 5.30. The summed E-state index contributed by atoms with van der Waals surface area (Å²) in [6.07, 6.45) is 0. The lowest BCUT2D eigenvalue weighted by molar-refractivity contribution is 0.415. The predicted molar refractivity (Wildman–Crippen MR) is 100 cm³/mol. The van der Waals surface area contributed by atoms with Crippen molar-refractivity contribution in [2.75, 3.05) is 7.11 Å². The standard InChI is InChI=1S/C22H19NO/c1-16-20-10-6-7-11-21(20)23(18-8-4-3-5-9-18)22(16)17-12-14-19(24-2)15-13-17/h3-15H,1-2H3. The van der Waals surface area contributed by atoms with Crippen LogP contribution in [0.5, 0.6) is 5.75 Å². The first-order chi connectivity index (χ1) is 11.8. The Labute approximate surface area is 141 Å². The van der Waals surface area contributed by atoms with Gasteiger partial charge in [0.25, 0.3) is 0 Å². The molecule has 0 aliphatic carbocycles. The molecule has 0 saturated heterocycles. The molecule has 4 rings (SSSR count). The molecule has 0 saturated carbocycles. The fraction of sp³-hybridized carbons (Fsp3) is 0.0909. The highest BCUT2D eigenvalue weighted by molar-refractivity contribution is 5.93. The first kappa shape index (κ1) is 14.6. The van der Waals surface area contributed by atoms with Crippen molar-refractivity contribution in [3.05, 3.63) is 84.4 Å². The van der Waals surface area contributed by atoms with Gasteiger partial charge in [0.2, 0.25) is 0 Å². The number of methoxy groups -OCH3 is 1. The number of aromatic nitrogens is 1. The second-order valence-corrected chi connectivity index (χ2v) is 5.89. The highest BCUT2D eigenvalue weighted by Gasteiger charge is 2.16. The second-order valence-electron chi connectivity index (χ2n) is 5.89. The summed E-state index contributed by atoms with van der Waals surface area (Å²) < 4.78 is 7.64. The van der Waals surface area contributed by atoms with Crippen LogP contribution in [-0.4, -0.2) is 11.7 Å². The molecule has 0 bridgehead atoms. The van der Waals surface area contributed by atoms with E-state index in [2.05, 4.69) is 78.2 Å². The molecule has 1 heterocycles. The summed E-state index contributed by atoms with van der Waals surface area (Å²) in [7, 11) is 1.70. The van der Waals surface area contributed by atoms with E-state index >= 15 is 0 Å². The number of aryl methyl sites for hydroxylation is 1. The van der Waals surface area contributed by atoms with Crippen LogP contribution in [0.2, 0.25) is 0 Å². The van der Waals surface area contributed by atoms with Crippen LogP contribution in [0.25, 0.3) is 27.8 Å². The first-order valence-corrected chi connectivity index (χ1v) is 8.09. The van der Waals surface area contributed by atoms with Crippen molar-refractivity contribution in [1.29, 1.82) is 0 Å². The van der Waals surface area contributed by atoms with Gasteiger partial charge in [-0.2, -0.15) is 0 Å². The zero-order chi connectivity index (χ0) is 16.5. The molecule has 0 amide bonds. The van der Waals surface area contributed by atoms with E-state index in [1.807, 2.05) is 12.1 Å². The van der Waals surface area contributed by atoms with Gasteiger partial charge < -0.3 is 9.30 Å². The van der Waals surface area contributed by atoms with Crippen molar-refractivity contribution in [2.24, 2.45) is 0 Å². The second kappa shape index (κ2) is 5.89. The molecule has 0 aliphatic heterocycles. The highest BCUT2D eigenvalue weighted by atomic mass is 16.5. The molecule has 118 valence electrons. The predicted octanol–water partition coefficient (Wildman–Crippen LogP) is 5.61. The van der Waals surface area contributed by atoms with Gasteiger partial charge in [0.1, 0.15) is 5.75 Å². The Balaban J connectivity index is 2.05. The third-order valence-electron chi connectivity index (χ3n) is 4.51. The van der Waals surface area contributed by atoms with E-state index in [1.165, 1.54) is 33.4 Å². The van der Waals surface area contributed by atoms with Crippen LogP contribution in [-0.2, 0) is 0 Å². The Morgan fingerprint density at radius 3 is 2.12 bits per heavy atom. The lowest BCUT2D eigenvalue weighted by Gasteiger charge is -2.12. The molecule has 0 N–H and O–H groups in total. The van der Waals surface area contributed by atoms with Crippen LogP contribution in [0.3, 0.4) is 0 Å². The highest BCUT2D eigenvalue weighted by Crippen LogP contribution is 2.36. The van der Waals surface area contributed by atoms with E-state index in [0.29, 0.717) is 0 Å². The normalized spacial score (nSPS) is 10.9. The zero-order valence-corrected chi connectivity index (χ0v) is 13.9. The Morgan fingerprint density at radius 2 is 1.42 bits per heavy atom. The summed E-state index contributed by atoms with van der Waals surface area (Å²) in [6.45, 7) is 2.20. The molecule has 24 heavy (non-hydrogen) atoms. The Hall–Kier alpha value is -3.00. The monoisotopic (exact) mass is 313 g/mol. The van der Waals surface area contributed by atoms with Crippen LogP contribution in [0.15, 0.2) is 78.9 Å². The van der Waals surface area contributed by atoms with Gasteiger partial charge in [-0.25, -0.2) is 0 Å². The van der Waals surface area contributed by atoms with E-state index < -0.39 is 0 Å². The lowest BCUT2D eigenvalue weighted by atomic mass is 10.1. The lowest BCUT2D eigenvalue weighted by Crippen LogP contribution is -1.97. The van der Waals surface area contributed by atoms with Gasteiger partial charge in [-0.3, -0.25) is 0 Å². The van der Waals surface area contributed by atoms with Crippen molar-refractivity contribution in [3.8, 4) is 22.7 Å². The van der Waals surface area contributed by atoms with Crippen LogP contribution in [0.4, 0.5) is 0 Å².